The molecule has 1 aromatic rings. The third-order valence-corrected chi connectivity index (χ3v) is 4.54. The molecule has 2 unspecified atom stereocenters. The summed E-state index contributed by atoms with van der Waals surface area (Å²) in [5.41, 5.74) is 2.02. The van der Waals surface area contributed by atoms with Crippen LogP contribution in [0.5, 0.6) is 0 Å². The van der Waals surface area contributed by atoms with Gasteiger partial charge >= 0.3 is 0 Å². The molecule has 1 aliphatic heterocycles. The Labute approximate surface area is 115 Å². The molecule has 1 saturated heterocycles. The average molecular weight is 255 g/mol. The third kappa shape index (κ3) is 2.44. The summed E-state index contributed by atoms with van der Waals surface area (Å²) in [5.74, 6) is 0.815. The largest absolute Gasteiger partial charge is 0.331 e. The van der Waals surface area contributed by atoms with Crippen LogP contribution in [0.4, 0.5) is 0 Å². The average Bonchev–Trinajstić information content (AvgIpc) is 2.45. The van der Waals surface area contributed by atoms with E-state index in [0.29, 0.717) is 12.0 Å². The first-order valence-electron chi connectivity index (χ1n) is 7.28. The van der Waals surface area contributed by atoms with Crippen molar-refractivity contribution in [2.24, 2.45) is 5.92 Å². The number of hydrogen-bond donors (Lipinski definition) is 0. The van der Waals surface area contributed by atoms with Gasteiger partial charge in [-0.2, -0.15) is 0 Å². The van der Waals surface area contributed by atoms with E-state index < -0.39 is 0 Å². The zero-order chi connectivity index (χ0) is 13.2. The Morgan fingerprint density at radius 1 is 1.16 bits per heavy atom. The van der Waals surface area contributed by atoms with E-state index in [4.69, 9.17) is 0 Å². The predicted molar refractivity (Wildman–Crippen MR) is 76.5 cm³/mol. The van der Waals surface area contributed by atoms with Crippen molar-refractivity contribution in [2.75, 3.05) is 0 Å². The molecule has 3 rings (SSSR count). The van der Waals surface area contributed by atoms with Gasteiger partial charge in [0.1, 0.15) is 0 Å². The Morgan fingerprint density at radius 2 is 1.89 bits per heavy atom. The minimum Gasteiger partial charge on any atom is -0.331 e. The van der Waals surface area contributed by atoms with Gasteiger partial charge in [-0.25, -0.2) is 0 Å². The van der Waals surface area contributed by atoms with E-state index in [0.717, 1.165) is 25.0 Å². The van der Waals surface area contributed by atoms with Gasteiger partial charge in [-0.15, -0.1) is 0 Å². The summed E-state index contributed by atoms with van der Waals surface area (Å²) in [5, 5.41) is 0. The Bertz CT molecular complexity index is 479. The number of rotatable bonds is 2. The van der Waals surface area contributed by atoms with Crippen molar-refractivity contribution in [1.29, 1.82) is 0 Å². The van der Waals surface area contributed by atoms with E-state index in [1.54, 1.807) is 0 Å². The SMILES string of the molecule is C=C1CC2CCCCC2N(Cc2ccccc2)C1=O. The highest BCUT2D eigenvalue weighted by Crippen LogP contribution is 2.38. The van der Waals surface area contributed by atoms with Gasteiger partial charge in [0.15, 0.2) is 0 Å². The maximum atomic E-state index is 12.4. The van der Waals surface area contributed by atoms with Crippen LogP contribution < -0.4 is 0 Å². The second-order valence-corrected chi connectivity index (χ2v) is 5.84. The van der Waals surface area contributed by atoms with E-state index in [-0.39, 0.29) is 5.91 Å². The molecule has 2 atom stereocenters. The monoisotopic (exact) mass is 255 g/mol. The maximum absolute atomic E-state index is 12.4. The summed E-state index contributed by atoms with van der Waals surface area (Å²) in [6.45, 7) is 4.72. The molecule has 0 aromatic heterocycles. The van der Waals surface area contributed by atoms with Crippen molar-refractivity contribution in [3.8, 4) is 0 Å². The van der Waals surface area contributed by atoms with Gasteiger partial charge in [0.2, 0.25) is 5.91 Å². The van der Waals surface area contributed by atoms with Gasteiger partial charge in [-0.05, 0) is 30.7 Å². The minimum absolute atomic E-state index is 0.173. The van der Waals surface area contributed by atoms with Gasteiger partial charge < -0.3 is 4.90 Å². The van der Waals surface area contributed by atoms with Gasteiger partial charge in [0, 0.05) is 18.2 Å². The Kier molecular flexibility index (Phi) is 3.41. The lowest BCUT2D eigenvalue weighted by Crippen LogP contribution is -2.50. The number of likely N-dealkylation sites (tertiary alicyclic amines) is 1. The Hall–Kier alpha value is -1.57. The van der Waals surface area contributed by atoms with E-state index in [1.807, 2.05) is 18.2 Å². The lowest BCUT2D eigenvalue weighted by molar-refractivity contribution is -0.135. The molecule has 2 fully saturated rings. The second-order valence-electron chi connectivity index (χ2n) is 5.84. The van der Waals surface area contributed by atoms with Crippen LogP contribution in [0.15, 0.2) is 42.5 Å². The molecule has 2 aliphatic rings. The van der Waals surface area contributed by atoms with Crippen LogP contribution >= 0.6 is 0 Å². The molecule has 0 spiro atoms. The zero-order valence-corrected chi connectivity index (χ0v) is 11.3. The number of carbonyl (C=O) groups excluding carboxylic acids is 1. The van der Waals surface area contributed by atoms with Crippen LogP contribution in [0.25, 0.3) is 0 Å². The normalized spacial score (nSPS) is 27.3. The van der Waals surface area contributed by atoms with Crippen molar-refractivity contribution in [3.05, 3.63) is 48.0 Å². The first-order chi connectivity index (χ1) is 9.25. The highest BCUT2D eigenvalue weighted by Gasteiger charge is 2.38. The van der Waals surface area contributed by atoms with Crippen LogP contribution in [0.1, 0.15) is 37.7 Å². The molecule has 2 heteroatoms. The summed E-state index contributed by atoms with van der Waals surface area (Å²) >= 11 is 0. The number of nitrogens with zero attached hydrogens (tertiary/aromatic N) is 1. The first-order valence-corrected chi connectivity index (χ1v) is 7.28. The van der Waals surface area contributed by atoms with Crippen LogP contribution in [-0.4, -0.2) is 16.8 Å². The van der Waals surface area contributed by atoms with Gasteiger partial charge in [0.05, 0.1) is 0 Å². The topological polar surface area (TPSA) is 20.3 Å². The summed E-state index contributed by atoms with van der Waals surface area (Å²) in [7, 11) is 0. The van der Waals surface area contributed by atoms with Crippen molar-refractivity contribution < 1.29 is 4.79 Å². The molecular formula is C17H21NO. The minimum atomic E-state index is 0.173. The number of hydrogen-bond acceptors (Lipinski definition) is 1. The lowest BCUT2D eigenvalue weighted by atomic mass is 9.76. The number of amides is 1. The summed E-state index contributed by atoms with van der Waals surface area (Å²) < 4.78 is 0. The summed E-state index contributed by atoms with van der Waals surface area (Å²) in [6, 6.07) is 10.7. The molecule has 1 aliphatic carbocycles. The molecular weight excluding hydrogens is 234 g/mol. The van der Waals surface area contributed by atoms with Crippen molar-refractivity contribution in [2.45, 2.75) is 44.7 Å². The van der Waals surface area contributed by atoms with E-state index >= 15 is 0 Å². The van der Waals surface area contributed by atoms with Crippen molar-refractivity contribution >= 4 is 5.91 Å². The first kappa shape index (κ1) is 12.5. The smallest absolute Gasteiger partial charge is 0.249 e. The van der Waals surface area contributed by atoms with Crippen LogP contribution in [0.3, 0.4) is 0 Å². The third-order valence-electron chi connectivity index (χ3n) is 4.54. The quantitative estimate of drug-likeness (QED) is 0.740. The van der Waals surface area contributed by atoms with Crippen LogP contribution in [0, 0.1) is 5.92 Å². The molecule has 0 N–H and O–H groups in total. The molecule has 1 saturated carbocycles. The zero-order valence-electron chi connectivity index (χ0n) is 11.3. The van der Waals surface area contributed by atoms with E-state index in [2.05, 4.69) is 23.6 Å². The molecule has 2 nitrogen and oxygen atoms in total. The Balaban J connectivity index is 1.83. The summed E-state index contributed by atoms with van der Waals surface area (Å²) in [6.07, 6.45) is 5.89. The fourth-order valence-corrected chi connectivity index (χ4v) is 3.56. The highest BCUT2D eigenvalue weighted by molar-refractivity contribution is 5.94. The van der Waals surface area contributed by atoms with E-state index in [1.165, 1.54) is 24.8 Å². The molecule has 100 valence electrons. The molecule has 1 aromatic carbocycles. The standard InChI is InChI=1S/C17H21NO/c1-13-11-15-9-5-6-10-16(15)18(17(13)19)12-14-7-3-2-4-8-14/h2-4,7-8,15-16H,1,5-6,9-12H2. The molecule has 0 bridgehead atoms. The molecule has 0 radical (unpaired) electrons. The fraction of sp³-hybridized carbons (Fsp3) is 0.471. The van der Waals surface area contributed by atoms with Crippen molar-refractivity contribution in [3.63, 3.8) is 0 Å². The molecule has 1 heterocycles. The van der Waals surface area contributed by atoms with E-state index in [9.17, 15) is 4.79 Å². The van der Waals surface area contributed by atoms with Gasteiger partial charge in [0.25, 0.3) is 0 Å². The fourth-order valence-electron chi connectivity index (χ4n) is 3.56. The number of piperidine rings is 1. The maximum Gasteiger partial charge on any atom is 0.249 e. The molecule has 19 heavy (non-hydrogen) atoms. The summed E-state index contributed by atoms with van der Waals surface area (Å²) in [4.78, 5) is 14.5. The highest BCUT2D eigenvalue weighted by atomic mass is 16.2. The van der Waals surface area contributed by atoms with Crippen LogP contribution in [0.2, 0.25) is 0 Å². The van der Waals surface area contributed by atoms with Gasteiger partial charge in [-0.3, -0.25) is 4.79 Å². The number of carbonyl (C=O) groups is 1. The van der Waals surface area contributed by atoms with Crippen molar-refractivity contribution in [1.82, 2.24) is 4.90 Å². The Morgan fingerprint density at radius 3 is 2.68 bits per heavy atom. The lowest BCUT2D eigenvalue weighted by Gasteiger charge is -2.44. The predicted octanol–water partition coefficient (Wildman–Crippen LogP) is 3.53. The number of fused-ring (bicyclic) bond motifs is 1. The number of benzene rings is 1. The molecule has 1 amide bonds. The van der Waals surface area contributed by atoms with Gasteiger partial charge in [-0.1, -0.05) is 49.8 Å². The van der Waals surface area contributed by atoms with Crippen LogP contribution in [-0.2, 0) is 11.3 Å². The second kappa shape index (κ2) is 5.20.